The molecule has 0 spiro atoms. The van der Waals surface area contributed by atoms with E-state index in [0.717, 1.165) is 37.4 Å². The molecule has 1 saturated heterocycles. The third-order valence-corrected chi connectivity index (χ3v) is 7.69. The fourth-order valence-corrected chi connectivity index (χ4v) is 6.22. The molecular formula is C21H27NO4. The van der Waals surface area contributed by atoms with Crippen molar-refractivity contribution >= 4 is 5.78 Å². The topological polar surface area (TPSA) is 81.0 Å². The van der Waals surface area contributed by atoms with E-state index in [0.29, 0.717) is 18.4 Å². The molecule has 0 aromatic heterocycles. The van der Waals surface area contributed by atoms with Gasteiger partial charge in [0.15, 0.2) is 17.3 Å². The molecule has 4 atom stereocenters. The number of rotatable bonds is 2. The van der Waals surface area contributed by atoms with Gasteiger partial charge in [-0.3, -0.25) is 9.69 Å². The number of nitrogens with zero attached hydrogens (tertiary/aromatic N) is 1. The zero-order valence-corrected chi connectivity index (χ0v) is 15.0. The average Bonchev–Trinajstić information content (AvgIpc) is 2.59. The first-order valence-electron chi connectivity index (χ1n) is 10.0. The fraction of sp³-hybridized carbons (Fsp3) is 0.667. The largest absolute Gasteiger partial charge is 0.504 e. The molecule has 26 heavy (non-hydrogen) atoms. The zero-order valence-electron chi connectivity index (χ0n) is 15.0. The summed E-state index contributed by atoms with van der Waals surface area (Å²) in [6.07, 6.45) is 5.73. The highest BCUT2D eigenvalue weighted by Crippen LogP contribution is 2.57. The molecule has 3 aliphatic carbocycles. The van der Waals surface area contributed by atoms with Gasteiger partial charge < -0.3 is 15.3 Å². The Kier molecular flexibility index (Phi) is 3.63. The minimum Gasteiger partial charge on any atom is -0.504 e. The number of Topliss-reactive ketones (excluding diaryl/α,β-unsaturated/α-hetero) is 1. The molecule has 5 heteroatoms. The second-order valence-electron chi connectivity index (χ2n) is 8.82. The Balaban J connectivity index is 1.63. The van der Waals surface area contributed by atoms with Crippen molar-refractivity contribution in [3.63, 3.8) is 0 Å². The van der Waals surface area contributed by atoms with Crippen LogP contribution in [0.5, 0.6) is 11.5 Å². The monoisotopic (exact) mass is 357 g/mol. The first kappa shape index (κ1) is 16.6. The van der Waals surface area contributed by atoms with Gasteiger partial charge in [0.25, 0.3) is 0 Å². The molecular weight excluding hydrogens is 330 g/mol. The molecule has 5 nitrogen and oxygen atoms in total. The van der Waals surface area contributed by atoms with Crippen molar-refractivity contribution in [3.05, 3.63) is 23.3 Å². The lowest BCUT2D eigenvalue weighted by Crippen LogP contribution is -2.66. The molecule has 3 unspecified atom stereocenters. The number of aliphatic hydroxyl groups excluding tert-OH is 1. The second-order valence-corrected chi connectivity index (χ2v) is 8.82. The van der Waals surface area contributed by atoms with E-state index < -0.39 is 11.5 Å². The number of ketones is 1. The molecule has 1 aliphatic heterocycles. The van der Waals surface area contributed by atoms with E-state index >= 15 is 0 Å². The molecule has 2 bridgehead atoms. The van der Waals surface area contributed by atoms with Gasteiger partial charge in [0.05, 0.1) is 5.41 Å². The van der Waals surface area contributed by atoms with Crippen LogP contribution in [0.2, 0.25) is 0 Å². The molecule has 140 valence electrons. The third kappa shape index (κ3) is 2.07. The van der Waals surface area contributed by atoms with E-state index in [1.807, 2.05) is 6.07 Å². The lowest BCUT2D eigenvalue weighted by molar-refractivity contribution is -0.148. The van der Waals surface area contributed by atoms with E-state index in [1.54, 1.807) is 0 Å². The van der Waals surface area contributed by atoms with Crippen LogP contribution in [0.4, 0.5) is 0 Å². The maximum atomic E-state index is 13.3. The highest BCUT2D eigenvalue weighted by Gasteiger charge is 2.61. The summed E-state index contributed by atoms with van der Waals surface area (Å²) in [6.45, 7) is 1.93. The molecule has 1 aromatic rings. The Bertz CT molecular complexity index is 759. The van der Waals surface area contributed by atoms with Crippen LogP contribution in [0.3, 0.4) is 0 Å². The first-order valence-corrected chi connectivity index (χ1v) is 10.0. The van der Waals surface area contributed by atoms with Crippen molar-refractivity contribution < 1.29 is 20.1 Å². The van der Waals surface area contributed by atoms with E-state index in [4.69, 9.17) is 0 Å². The number of carbonyl (C=O) groups excluding carboxylic acids is 1. The van der Waals surface area contributed by atoms with Gasteiger partial charge in [0, 0.05) is 18.2 Å². The first-order chi connectivity index (χ1) is 12.5. The summed E-state index contributed by atoms with van der Waals surface area (Å²) < 4.78 is 0. The Morgan fingerprint density at radius 3 is 2.69 bits per heavy atom. The van der Waals surface area contributed by atoms with Crippen LogP contribution >= 0.6 is 0 Å². The molecule has 5 rings (SSSR count). The molecule has 0 radical (unpaired) electrons. The Morgan fingerprint density at radius 2 is 1.96 bits per heavy atom. The normalized spacial score (nSPS) is 37.0. The van der Waals surface area contributed by atoms with E-state index in [2.05, 4.69) is 4.90 Å². The fourth-order valence-electron chi connectivity index (χ4n) is 6.22. The van der Waals surface area contributed by atoms with Crippen LogP contribution in [-0.4, -0.2) is 51.2 Å². The van der Waals surface area contributed by atoms with Crippen LogP contribution in [0.1, 0.15) is 49.7 Å². The van der Waals surface area contributed by atoms with Gasteiger partial charge in [-0.25, -0.2) is 0 Å². The van der Waals surface area contributed by atoms with Crippen molar-refractivity contribution in [1.29, 1.82) is 0 Å². The predicted octanol–water partition coefficient (Wildman–Crippen LogP) is 2.11. The van der Waals surface area contributed by atoms with Gasteiger partial charge in [0.2, 0.25) is 0 Å². The minimum absolute atomic E-state index is 0.118. The number of piperidine rings is 1. The lowest BCUT2D eigenvalue weighted by Gasteiger charge is -2.59. The molecule has 2 saturated carbocycles. The molecule has 1 heterocycles. The predicted molar refractivity (Wildman–Crippen MR) is 96.2 cm³/mol. The number of phenols is 2. The van der Waals surface area contributed by atoms with Gasteiger partial charge >= 0.3 is 0 Å². The van der Waals surface area contributed by atoms with Gasteiger partial charge in [-0.1, -0.05) is 12.5 Å². The van der Waals surface area contributed by atoms with Crippen LogP contribution in [-0.2, 0) is 16.6 Å². The summed E-state index contributed by atoms with van der Waals surface area (Å²) >= 11 is 0. The summed E-state index contributed by atoms with van der Waals surface area (Å²) in [6, 6.07) is 3.68. The van der Waals surface area contributed by atoms with Crippen LogP contribution in [0, 0.1) is 11.8 Å². The van der Waals surface area contributed by atoms with Crippen molar-refractivity contribution in [1.82, 2.24) is 4.90 Å². The van der Waals surface area contributed by atoms with Gasteiger partial charge in [0.1, 0.15) is 6.10 Å². The summed E-state index contributed by atoms with van der Waals surface area (Å²) in [5.74, 6) is 0.430. The molecule has 1 aromatic carbocycles. The SMILES string of the molecule is O=C1C(O)CCC2C3Cc4ccc(O)c(O)c4[C@]12CCN3CC1CCC1. The molecule has 3 N–H and O–H groups in total. The lowest BCUT2D eigenvalue weighted by atomic mass is 9.51. The summed E-state index contributed by atoms with van der Waals surface area (Å²) in [4.78, 5) is 15.8. The second kappa shape index (κ2) is 5.70. The quantitative estimate of drug-likeness (QED) is 0.707. The summed E-state index contributed by atoms with van der Waals surface area (Å²) in [7, 11) is 0. The Morgan fingerprint density at radius 1 is 1.15 bits per heavy atom. The van der Waals surface area contributed by atoms with E-state index in [1.165, 1.54) is 25.3 Å². The number of hydrogen-bond donors (Lipinski definition) is 3. The van der Waals surface area contributed by atoms with E-state index in [-0.39, 0.29) is 29.2 Å². The smallest absolute Gasteiger partial charge is 0.172 e. The Labute approximate surface area is 153 Å². The molecule has 4 aliphatic rings. The number of hydrogen-bond acceptors (Lipinski definition) is 5. The number of phenolic OH excluding ortho intramolecular Hbond substituents is 2. The van der Waals surface area contributed by atoms with Crippen molar-refractivity contribution in [2.24, 2.45) is 11.8 Å². The van der Waals surface area contributed by atoms with Crippen molar-refractivity contribution in [2.75, 3.05) is 13.1 Å². The highest BCUT2D eigenvalue weighted by molar-refractivity contribution is 5.96. The van der Waals surface area contributed by atoms with Crippen LogP contribution < -0.4 is 0 Å². The van der Waals surface area contributed by atoms with Crippen LogP contribution in [0.25, 0.3) is 0 Å². The van der Waals surface area contributed by atoms with Gasteiger partial charge in [-0.05, 0) is 68.5 Å². The maximum Gasteiger partial charge on any atom is 0.172 e. The van der Waals surface area contributed by atoms with Crippen molar-refractivity contribution in [3.8, 4) is 11.5 Å². The average molecular weight is 357 g/mol. The Hall–Kier alpha value is -1.59. The zero-order chi connectivity index (χ0) is 18.1. The number of benzene rings is 1. The van der Waals surface area contributed by atoms with E-state index in [9.17, 15) is 20.1 Å². The maximum absolute atomic E-state index is 13.3. The molecule has 3 fully saturated rings. The standard InChI is InChI=1S/C21H27NO4/c23-16-6-4-13-10-15-14-5-7-17(24)20(26)21(14,18(13)19(16)25)8-9-22(15)11-12-2-1-3-12/h4,6,12,14-15,17,23-25H,1-3,5,7-11H2/t14?,15?,17?,21-/m1/s1. The number of aromatic hydroxyl groups is 2. The van der Waals surface area contributed by atoms with Crippen LogP contribution in [0.15, 0.2) is 12.1 Å². The molecule has 0 amide bonds. The number of fused-ring (bicyclic) bond motifs is 1. The number of carbonyl (C=O) groups is 1. The number of likely N-dealkylation sites (tertiary alicyclic amines) is 1. The highest BCUT2D eigenvalue weighted by atomic mass is 16.3. The third-order valence-electron chi connectivity index (χ3n) is 7.69. The summed E-state index contributed by atoms with van der Waals surface area (Å²) in [5.41, 5.74) is 0.725. The number of aliphatic hydroxyl groups is 1. The van der Waals surface area contributed by atoms with Gasteiger partial charge in [-0.15, -0.1) is 0 Å². The minimum atomic E-state index is -0.960. The van der Waals surface area contributed by atoms with Crippen molar-refractivity contribution in [2.45, 2.75) is 62.5 Å². The summed E-state index contributed by atoms with van der Waals surface area (Å²) in [5, 5.41) is 31.1. The van der Waals surface area contributed by atoms with Gasteiger partial charge in [-0.2, -0.15) is 0 Å².